The van der Waals surface area contributed by atoms with Crippen LogP contribution < -0.4 is 5.32 Å². The predicted molar refractivity (Wildman–Crippen MR) is 69.7 cm³/mol. The lowest BCUT2D eigenvalue weighted by molar-refractivity contribution is -0.385. The van der Waals surface area contributed by atoms with Crippen molar-refractivity contribution in [3.8, 4) is 0 Å². The Kier molecular flexibility index (Phi) is 4.06. The van der Waals surface area contributed by atoms with Crippen LogP contribution in [0.1, 0.15) is 43.1 Å². The Morgan fingerprint density at radius 2 is 2.06 bits per heavy atom. The van der Waals surface area contributed by atoms with E-state index in [-0.39, 0.29) is 16.8 Å². The van der Waals surface area contributed by atoms with E-state index >= 15 is 0 Å². The number of para-hydroxylation sites is 1. The van der Waals surface area contributed by atoms with Crippen molar-refractivity contribution in [3.05, 3.63) is 39.4 Å². The molecule has 0 aliphatic rings. The zero-order chi connectivity index (χ0) is 13.9. The molecule has 0 bridgehead atoms. The van der Waals surface area contributed by atoms with Gasteiger partial charge in [0.2, 0.25) is 0 Å². The molecule has 98 valence electrons. The molecule has 1 aromatic rings. The van der Waals surface area contributed by atoms with Crippen molar-refractivity contribution in [1.82, 2.24) is 5.32 Å². The second kappa shape index (κ2) is 5.16. The number of nitrogens with one attached hydrogen (secondary N) is 1. The van der Waals surface area contributed by atoms with Gasteiger partial charge in [-0.25, -0.2) is 0 Å². The van der Waals surface area contributed by atoms with Crippen LogP contribution >= 0.6 is 0 Å². The van der Waals surface area contributed by atoms with Gasteiger partial charge in [-0.1, -0.05) is 19.1 Å². The number of nitrogens with zero attached hydrogens (tertiary/aromatic N) is 1. The summed E-state index contributed by atoms with van der Waals surface area (Å²) in [5, 5.41) is 13.8. The van der Waals surface area contributed by atoms with Crippen molar-refractivity contribution >= 4 is 11.6 Å². The summed E-state index contributed by atoms with van der Waals surface area (Å²) < 4.78 is 0. The van der Waals surface area contributed by atoms with E-state index in [4.69, 9.17) is 0 Å². The molecule has 0 unspecified atom stereocenters. The van der Waals surface area contributed by atoms with E-state index in [0.29, 0.717) is 5.56 Å². The quantitative estimate of drug-likeness (QED) is 0.659. The lowest BCUT2D eigenvalue weighted by Crippen LogP contribution is -2.43. The normalized spacial score (nSPS) is 11.1. The summed E-state index contributed by atoms with van der Waals surface area (Å²) in [6.07, 6.45) is 0.748. The summed E-state index contributed by atoms with van der Waals surface area (Å²) in [7, 11) is 0. The first-order valence-corrected chi connectivity index (χ1v) is 5.85. The van der Waals surface area contributed by atoms with Gasteiger partial charge in [0.05, 0.1) is 4.92 Å². The number of hydrogen-bond acceptors (Lipinski definition) is 3. The van der Waals surface area contributed by atoms with Gasteiger partial charge in [-0.05, 0) is 33.3 Å². The van der Waals surface area contributed by atoms with Gasteiger partial charge < -0.3 is 5.32 Å². The summed E-state index contributed by atoms with van der Waals surface area (Å²) in [6, 6.07) is 4.75. The Morgan fingerprint density at radius 1 is 1.44 bits per heavy atom. The van der Waals surface area contributed by atoms with Crippen LogP contribution in [0.25, 0.3) is 0 Å². The molecular weight excluding hydrogens is 232 g/mol. The van der Waals surface area contributed by atoms with E-state index in [1.807, 2.05) is 20.8 Å². The first-order chi connectivity index (χ1) is 8.28. The van der Waals surface area contributed by atoms with Crippen molar-refractivity contribution in [2.75, 3.05) is 0 Å². The fourth-order valence-corrected chi connectivity index (χ4v) is 1.55. The highest BCUT2D eigenvalue weighted by Crippen LogP contribution is 2.23. The Balaban J connectivity index is 3.14. The van der Waals surface area contributed by atoms with Gasteiger partial charge >= 0.3 is 0 Å². The van der Waals surface area contributed by atoms with Crippen LogP contribution in [0.5, 0.6) is 0 Å². The highest BCUT2D eigenvalue weighted by molar-refractivity contribution is 5.99. The number of aryl methyl sites for hydroxylation is 1. The maximum Gasteiger partial charge on any atom is 0.285 e. The van der Waals surface area contributed by atoms with E-state index in [9.17, 15) is 14.9 Å². The van der Waals surface area contributed by atoms with Crippen LogP contribution in [0, 0.1) is 17.0 Å². The Morgan fingerprint density at radius 3 is 2.56 bits per heavy atom. The van der Waals surface area contributed by atoms with Crippen molar-refractivity contribution in [2.45, 2.75) is 39.7 Å². The number of carbonyl (C=O) groups is 1. The van der Waals surface area contributed by atoms with Gasteiger partial charge in [0.25, 0.3) is 11.6 Å². The van der Waals surface area contributed by atoms with Gasteiger partial charge in [-0.15, -0.1) is 0 Å². The third-order valence-corrected chi connectivity index (χ3v) is 3.00. The number of hydrogen-bond donors (Lipinski definition) is 1. The summed E-state index contributed by atoms with van der Waals surface area (Å²) >= 11 is 0. The van der Waals surface area contributed by atoms with Gasteiger partial charge in [0, 0.05) is 11.1 Å². The second-order valence-corrected chi connectivity index (χ2v) is 4.92. The molecule has 0 aliphatic carbocycles. The number of carbonyl (C=O) groups excluding carboxylic acids is 1. The molecule has 0 spiro atoms. The summed E-state index contributed by atoms with van der Waals surface area (Å²) in [5.41, 5.74) is 0.0969. The number of benzene rings is 1. The summed E-state index contributed by atoms with van der Waals surface area (Å²) in [4.78, 5) is 22.6. The van der Waals surface area contributed by atoms with E-state index in [2.05, 4.69) is 5.32 Å². The molecule has 5 nitrogen and oxygen atoms in total. The average molecular weight is 250 g/mol. The number of nitro benzene ring substituents is 1. The third-order valence-electron chi connectivity index (χ3n) is 3.00. The fourth-order valence-electron chi connectivity index (χ4n) is 1.55. The first-order valence-electron chi connectivity index (χ1n) is 5.85. The Bertz CT molecular complexity index is 481. The maximum absolute atomic E-state index is 12.1. The molecular formula is C13H18N2O3. The van der Waals surface area contributed by atoms with Gasteiger partial charge in [0.15, 0.2) is 0 Å². The lowest BCUT2D eigenvalue weighted by atomic mass is 10.0. The number of rotatable bonds is 4. The largest absolute Gasteiger partial charge is 0.347 e. The van der Waals surface area contributed by atoms with Crippen LogP contribution in [0.3, 0.4) is 0 Å². The van der Waals surface area contributed by atoms with Crippen molar-refractivity contribution in [1.29, 1.82) is 0 Å². The van der Waals surface area contributed by atoms with Crippen LogP contribution in [-0.2, 0) is 0 Å². The maximum atomic E-state index is 12.1. The number of nitro groups is 1. The molecule has 0 fully saturated rings. The van der Waals surface area contributed by atoms with Crippen LogP contribution in [0.4, 0.5) is 5.69 Å². The molecule has 0 aromatic heterocycles. The minimum atomic E-state index is -0.511. The summed E-state index contributed by atoms with van der Waals surface area (Å²) in [5.74, 6) is -0.405. The smallest absolute Gasteiger partial charge is 0.285 e. The zero-order valence-corrected chi connectivity index (χ0v) is 11.1. The standard InChI is InChI=1S/C13H18N2O3/c1-5-13(3,4)14-12(16)10-8-6-7-9(2)11(10)15(17)18/h6-8H,5H2,1-4H3,(H,14,16). The lowest BCUT2D eigenvalue weighted by Gasteiger charge is -2.24. The first kappa shape index (κ1) is 14.2. The molecule has 1 rings (SSSR count). The topological polar surface area (TPSA) is 72.2 Å². The fraction of sp³-hybridized carbons (Fsp3) is 0.462. The van der Waals surface area contributed by atoms with E-state index in [1.165, 1.54) is 6.07 Å². The van der Waals surface area contributed by atoms with Crippen LogP contribution in [0.15, 0.2) is 18.2 Å². The van der Waals surface area contributed by atoms with Crippen LogP contribution in [-0.4, -0.2) is 16.4 Å². The van der Waals surface area contributed by atoms with E-state index < -0.39 is 10.8 Å². The second-order valence-electron chi connectivity index (χ2n) is 4.92. The van der Waals surface area contributed by atoms with E-state index in [0.717, 1.165) is 6.42 Å². The molecule has 0 radical (unpaired) electrons. The van der Waals surface area contributed by atoms with Crippen molar-refractivity contribution in [2.24, 2.45) is 0 Å². The molecule has 18 heavy (non-hydrogen) atoms. The Labute approximate surface area is 106 Å². The highest BCUT2D eigenvalue weighted by Gasteiger charge is 2.26. The molecule has 1 N–H and O–H groups in total. The van der Waals surface area contributed by atoms with Crippen LogP contribution in [0.2, 0.25) is 0 Å². The monoisotopic (exact) mass is 250 g/mol. The molecule has 0 aliphatic heterocycles. The predicted octanol–water partition coefficient (Wildman–Crippen LogP) is 2.82. The highest BCUT2D eigenvalue weighted by atomic mass is 16.6. The average Bonchev–Trinajstić information content (AvgIpc) is 2.27. The molecule has 0 saturated heterocycles. The molecule has 0 atom stereocenters. The van der Waals surface area contributed by atoms with Gasteiger partial charge in [-0.2, -0.15) is 0 Å². The summed E-state index contributed by atoms with van der Waals surface area (Å²) in [6.45, 7) is 7.34. The SMILES string of the molecule is CCC(C)(C)NC(=O)c1cccc(C)c1[N+](=O)[O-]. The minimum absolute atomic E-state index is 0.113. The van der Waals surface area contributed by atoms with Crippen molar-refractivity contribution in [3.63, 3.8) is 0 Å². The third kappa shape index (κ3) is 3.06. The van der Waals surface area contributed by atoms with Crippen molar-refractivity contribution < 1.29 is 9.72 Å². The minimum Gasteiger partial charge on any atom is -0.347 e. The molecule has 1 amide bonds. The molecule has 1 aromatic carbocycles. The zero-order valence-electron chi connectivity index (χ0n) is 11.1. The van der Waals surface area contributed by atoms with E-state index in [1.54, 1.807) is 19.1 Å². The number of amides is 1. The molecule has 0 saturated carbocycles. The molecule has 5 heteroatoms. The Hall–Kier alpha value is -1.91. The van der Waals surface area contributed by atoms with Gasteiger partial charge in [0.1, 0.15) is 5.56 Å². The molecule has 0 heterocycles. The van der Waals surface area contributed by atoms with Gasteiger partial charge in [-0.3, -0.25) is 14.9 Å².